The molecular weight excluding hydrogens is 246 g/mol. The first kappa shape index (κ1) is 13.0. The van der Waals surface area contributed by atoms with Crippen molar-refractivity contribution in [3.8, 4) is 5.75 Å². The normalized spacial score (nSPS) is 10.1. The second-order valence-corrected chi connectivity index (χ2v) is 3.76. The number of nitro benzene ring substituents is 1. The second-order valence-electron chi connectivity index (χ2n) is 3.76. The SMILES string of the molecule is O=[N+]([O-])c1ccc(CO[CH]Oc2ccccc2)cc1. The number of hydrogen-bond donors (Lipinski definition) is 0. The molecule has 0 fully saturated rings. The summed E-state index contributed by atoms with van der Waals surface area (Å²) in [5, 5.41) is 10.5. The van der Waals surface area contributed by atoms with Gasteiger partial charge in [-0.15, -0.1) is 0 Å². The minimum absolute atomic E-state index is 0.0632. The Kier molecular flexibility index (Phi) is 4.47. The average Bonchev–Trinajstić information content (AvgIpc) is 2.45. The van der Waals surface area contributed by atoms with E-state index < -0.39 is 4.92 Å². The molecule has 0 heterocycles. The van der Waals surface area contributed by atoms with Gasteiger partial charge < -0.3 is 9.47 Å². The highest BCUT2D eigenvalue weighted by atomic mass is 16.7. The van der Waals surface area contributed by atoms with E-state index in [1.165, 1.54) is 18.9 Å². The van der Waals surface area contributed by atoms with E-state index in [2.05, 4.69) is 0 Å². The van der Waals surface area contributed by atoms with Crippen LogP contribution < -0.4 is 4.74 Å². The molecule has 2 rings (SSSR count). The zero-order valence-electron chi connectivity index (χ0n) is 10.1. The number of non-ortho nitro benzene ring substituents is 1. The summed E-state index contributed by atoms with van der Waals surface area (Å²) in [5.74, 6) is 0.686. The van der Waals surface area contributed by atoms with Crippen LogP contribution in [-0.4, -0.2) is 4.92 Å². The van der Waals surface area contributed by atoms with Crippen LogP contribution in [0.5, 0.6) is 5.75 Å². The standard InChI is InChI=1S/C14H12NO4/c16-15(17)13-8-6-12(7-9-13)10-18-11-19-14-4-2-1-3-5-14/h1-9,11H,10H2. The Morgan fingerprint density at radius 2 is 1.74 bits per heavy atom. The zero-order chi connectivity index (χ0) is 13.5. The van der Waals surface area contributed by atoms with Crippen molar-refractivity contribution < 1.29 is 14.4 Å². The van der Waals surface area contributed by atoms with E-state index in [0.717, 1.165) is 5.56 Å². The molecule has 2 aromatic rings. The van der Waals surface area contributed by atoms with Crippen molar-refractivity contribution in [3.63, 3.8) is 0 Å². The second kappa shape index (κ2) is 6.51. The molecule has 0 unspecified atom stereocenters. The first-order chi connectivity index (χ1) is 9.25. The van der Waals surface area contributed by atoms with Gasteiger partial charge in [-0.3, -0.25) is 10.1 Å². The maximum Gasteiger partial charge on any atom is 0.269 e. The third-order valence-corrected chi connectivity index (χ3v) is 2.39. The van der Waals surface area contributed by atoms with Crippen molar-refractivity contribution in [1.29, 1.82) is 0 Å². The quantitative estimate of drug-likeness (QED) is 0.453. The van der Waals surface area contributed by atoms with Gasteiger partial charge in [0.1, 0.15) is 5.75 Å². The van der Waals surface area contributed by atoms with Crippen molar-refractivity contribution in [2.75, 3.05) is 0 Å². The van der Waals surface area contributed by atoms with Crippen molar-refractivity contribution in [2.45, 2.75) is 6.61 Å². The zero-order valence-corrected chi connectivity index (χ0v) is 10.1. The Bertz CT molecular complexity index is 525. The van der Waals surface area contributed by atoms with Crippen molar-refractivity contribution in [1.82, 2.24) is 0 Å². The molecule has 0 amide bonds. The summed E-state index contributed by atoms with van der Waals surface area (Å²) in [4.78, 5) is 10.0. The molecular formula is C14H12NO4. The van der Waals surface area contributed by atoms with Gasteiger partial charge in [-0.05, 0) is 29.8 Å². The molecule has 0 atom stereocenters. The molecule has 0 aromatic heterocycles. The molecule has 1 radical (unpaired) electrons. The summed E-state index contributed by atoms with van der Waals surface area (Å²) in [6, 6.07) is 15.4. The van der Waals surface area contributed by atoms with Gasteiger partial charge in [-0.25, -0.2) is 0 Å². The number of nitro groups is 1. The van der Waals surface area contributed by atoms with Crippen LogP contribution >= 0.6 is 0 Å². The lowest BCUT2D eigenvalue weighted by atomic mass is 10.2. The number of hydrogen-bond acceptors (Lipinski definition) is 4. The van der Waals surface area contributed by atoms with Crippen molar-refractivity contribution >= 4 is 5.69 Å². The van der Waals surface area contributed by atoms with Gasteiger partial charge in [0.2, 0.25) is 0 Å². The molecule has 19 heavy (non-hydrogen) atoms. The highest BCUT2D eigenvalue weighted by molar-refractivity contribution is 5.32. The van der Waals surface area contributed by atoms with E-state index in [1.54, 1.807) is 12.1 Å². The molecule has 97 valence electrons. The van der Waals surface area contributed by atoms with E-state index in [0.29, 0.717) is 12.4 Å². The largest absolute Gasteiger partial charge is 0.458 e. The van der Waals surface area contributed by atoms with Gasteiger partial charge in [0, 0.05) is 12.1 Å². The highest BCUT2D eigenvalue weighted by Crippen LogP contribution is 2.14. The molecule has 0 aliphatic heterocycles. The average molecular weight is 258 g/mol. The Morgan fingerprint density at radius 3 is 2.37 bits per heavy atom. The molecule has 0 bridgehead atoms. The van der Waals surface area contributed by atoms with E-state index in [-0.39, 0.29) is 5.69 Å². The van der Waals surface area contributed by atoms with Crippen LogP contribution in [0.15, 0.2) is 54.6 Å². The number of para-hydroxylation sites is 1. The molecule has 0 spiro atoms. The van der Waals surface area contributed by atoms with Gasteiger partial charge in [0.15, 0.2) is 0 Å². The molecule has 0 saturated heterocycles. The van der Waals surface area contributed by atoms with Crippen LogP contribution in [0.1, 0.15) is 5.56 Å². The Labute approximate surface area is 110 Å². The summed E-state index contributed by atoms with van der Waals surface area (Å²) in [5.41, 5.74) is 0.895. The lowest BCUT2D eigenvalue weighted by Gasteiger charge is -2.05. The molecule has 5 heteroatoms. The molecule has 0 N–H and O–H groups in total. The molecule has 0 saturated carbocycles. The molecule has 2 aromatic carbocycles. The smallest absolute Gasteiger partial charge is 0.269 e. The Balaban J connectivity index is 1.75. The fourth-order valence-electron chi connectivity index (χ4n) is 1.43. The fraction of sp³-hybridized carbons (Fsp3) is 0.0714. The van der Waals surface area contributed by atoms with E-state index in [4.69, 9.17) is 9.47 Å². The summed E-state index contributed by atoms with van der Waals surface area (Å²) in [7, 11) is 0. The van der Waals surface area contributed by atoms with Crippen LogP contribution in [0.25, 0.3) is 0 Å². The molecule has 0 aliphatic rings. The third kappa shape index (κ3) is 4.08. The van der Waals surface area contributed by atoms with Crippen LogP contribution in [0.2, 0.25) is 0 Å². The van der Waals surface area contributed by atoms with Gasteiger partial charge in [0.05, 0.1) is 11.5 Å². The molecule has 5 nitrogen and oxygen atoms in total. The maximum absolute atomic E-state index is 10.5. The van der Waals surface area contributed by atoms with Gasteiger partial charge in [-0.2, -0.15) is 0 Å². The topological polar surface area (TPSA) is 61.6 Å². The first-order valence-electron chi connectivity index (χ1n) is 5.64. The van der Waals surface area contributed by atoms with Gasteiger partial charge >= 0.3 is 0 Å². The predicted octanol–water partition coefficient (Wildman–Crippen LogP) is 3.31. The minimum Gasteiger partial charge on any atom is -0.458 e. The van der Waals surface area contributed by atoms with E-state index in [9.17, 15) is 10.1 Å². The highest BCUT2D eigenvalue weighted by Gasteiger charge is 2.03. The van der Waals surface area contributed by atoms with Gasteiger partial charge in [-0.1, -0.05) is 18.2 Å². The lowest BCUT2D eigenvalue weighted by Crippen LogP contribution is -1.97. The van der Waals surface area contributed by atoms with E-state index in [1.807, 2.05) is 30.3 Å². The number of ether oxygens (including phenoxy) is 2. The van der Waals surface area contributed by atoms with Gasteiger partial charge in [0.25, 0.3) is 12.5 Å². The third-order valence-electron chi connectivity index (χ3n) is 2.39. The fourth-order valence-corrected chi connectivity index (χ4v) is 1.43. The summed E-state index contributed by atoms with van der Waals surface area (Å²) >= 11 is 0. The Morgan fingerprint density at radius 1 is 1.05 bits per heavy atom. The van der Waals surface area contributed by atoms with Crippen LogP contribution in [-0.2, 0) is 11.3 Å². The monoisotopic (exact) mass is 258 g/mol. The van der Waals surface area contributed by atoms with E-state index >= 15 is 0 Å². The van der Waals surface area contributed by atoms with Crippen LogP contribution in [0, 0.1) is 16.9 Å². The summed E-state index contributed by atoms with van der Waals surface area (Å²) < 4.78 is 10.4. The minimum atomic E-state index is -0.435. The van der Waals surface area contributed by atoms with Crippen LogP contribution in [0.3, 0.4) is 0 Å². The number of nitrogens with zero attached hydrogens (tertiary/aromatic N) is 1. The van der Waals surface area contributed by atoms with Crippen LogP contribution in [0.4, 0.5) is 5.69 Å². The predicted molar refractivity (Wildman–Crippen MR) is 69.3 cm³/mol. The summed E-state index contributed by atoms with van der Waals surface area (Å²) in [6.45, 7) is 1.54. The summed E-state index contributed by atoms with van der Waals surface area (Å²) in [6.07, 6.45) is 0. The number of rotatable bonds is 6. The number of benzene rings is 2. The lowest BCUT2D eigenvalue weighted by molar-refractivity contribution is -0.384. The maximum atomic E-state index is 10.5. The molecule has 0 aliphatic carbocycles. The van der Waals surface area contributed by atoms with Crippen molar-refractivity contribution in [2.24, 2.45) is 0 Å². The van der Waals surface area contributed by atoms with Crippen molar-refractivity contribution in [3.05, 3.63) is 77.1 Å². The Hall–Kier alpha value is -2.40. The first-order valence-corrected chi connectivity index (χ1v) is 5.64.